The van der Waals surface area contributed by atoms with Gasteiger partial charge in [-0.2, -0.15) is 0 Å². The van der Waals surface area contributed by atoms with Gasteiger partial charge in [-0.15, -0.1) is 0 Å². The zero-order valence-corrected chi connectivity index (χ0v) is 12.8. The van der Waals surface area contributed by atoms with Gasteiger partial charge >= 0.3 is 0 Å². The maximum Gasteiger partial charge on any atom is 0.0707 e. The number of likely N-dealkylation sites (tertiary alicyclic amines) is 1. The molecule has 19 heavy (non-hydrogen) atoms. The molecule has 3 rings (SSSR count). The average Bonchev–Trinajstić information content (AvgIpc) is 2.86. The molecule has 0 aromatic heterocycles. The minimum atomic E-state index is 0.442. The molecule has 2 heterocycles. The molecule has 1 saturated carbocycles. The van der Waals surface area contributed by atoms with Gasteiger partial charge in [-0.05, 0) is 44.1 Å². The normalized spacial score (nSPS) is 41.8. The van der Waals surface area contributed by atoms with Crippen LogP contribution in [0.25, 0.3) is 0 Å². The summed E-state index contributed by atoms with van der Waals surface area (Å²) in [7, 11) is 0. The first-order valence-electron chi connectivity index (χ1n) is 8.23. The predicted octanol–water partition coefficient (Wildman–Crippen LogP) is 2.41. The Bertz CT molecular complexity index is 306. The van der Waals surface area contributed by atoms with E-state index in [4.69, 9.17) is 4.74 Å². The minimum absolute atomic E-state index is 0.442. The molecule has 0 spiro atoms. The van der Waals surface area contributed by atoms with E-state index in [9.17, 15) is 0 Å². The van der Waals surface area contributed by atoms with Crippen LogP contribution in [-0.2, 0) is 4.74 Å². The molecular formula is C16H30N2O. The molecule has 3 nitrogen and oxygen atoms in total. The van der Waals surface area contributed by atoms with Crippen LogP contribution < -0.4 is 5.32 Å². The number of hydrogen-bond acceptors (Lipinski definition) is 3. The van der Waals surface area contributed by atoms with Crippen LogP contribution >= 0.6 is 0 Å². The number of nitrogens with one attached hydrogen (secondary N) is 1. The Hall–Kier alpha value is -0.120. The molecule has 0 aromatic carbocycles. The highest BCUT2D eigenvalue weighted by molar-refractivity contribution is 5.03. The fourth-order valence-corrected chi connectivity index (χ4v) is 4.39. The van der Waals surface area contributed by atoms with Crippen molar-refractivity contribution in [3.8, 4) is 0 Å². The van der Waals surface area contributed by atoms with E-state index < -0.39 is 0 Å². The molecule has 2 bridgehead atoms. The molecule has 0 aromatic rings. The Balaban J connectivity index is 1.68. The summed E-state index contributed by atoms with van der Waals surface area (Å²) in [6, 6.07) is 1.39. The third-order valence-corrected chi connectivity index (χ3v) is 5.47. The molecule has 0 radical (unpaired) electrons. The molecule has 110 valence electrons. The second kappa shape index (κ2) is 5.34. The zero-order valence-electron chi connectivity index (χ0n) is 12.8. The predicted molar refractivity (Wildman–Crippen MR) is 78.4 cm³/mol. The fourth-order valence-electron chi connectivity index (χ4n) is 4.39. The van der Waals surface area contributed by atoms with Gasteiger partial charge in [0.15, 0.2) is 0 Å². The van der Waals surface area contributed by atoms with Crippen molar-refractivity contribution in [1.82, 2.24) is 10.2 Å². The summed E-state index contributed by atoms with van der Waals surface area (Å²) in [5.74, 6) is 0. The molecule has 1 N–H and O–H groups in total. The van der Waals surface area contributed by atoms with E-state index in [2.05, 4.69) is 31.0 Å². The van der Waals surface area contributed by atoms with Crippen LogP contribution in [0.15, 0.2) is 0 Å². The zero-order chi connectivity index (χ0) is 13.5. The second-order valence-corrected chi connectivity index (χ2v) is 7.44. The monoisotopic (exact) mass is 266 g/mol. The molecule has 4 unspecified atom stereocenters. The first-order chi connectivity index (χ1) is 9.10. The average molecular weight is 266 g/mol. The standard InChI is InChI=1S/C16H30N2O/c1-4-9-17-15-14(7-8-16(15,2)3)18-10-12-5-6-13(11-18)19-12/h12-15,17H,4-11H2,1-3H3. The summed E-state index contributed by atoms with van der Waals surface area (Å²) in [6.45, 7) is 10.6. The van der Waals surface area contributed by atoms with Crippen LogP contribution in [-0.4, -0.2) is 48.8 Å². The van der Waals surface area contributed by atoms with Crippen molar-refractivity contribution in [3.63, 3.8) is 0 Å². The number of morpholine rings is 1. The molecule has 1 aliphatic carbocycles. The lowest BCUT2D eigenvalue weighted by Crippen LogP contribution is -2.56. The second-order valence-electron chi connectivity index (χ2n) is 7.44. The van der Waals surface area contributed by atoms with Gasteiger partial charge < -0.3 is 10.1 Å². The van der Waals surface area contributed by atoms with E-state index in [1.54, 1.807) is 0 Å². The van der Waals surface area contributed by atoms with E-state index in [-0.39, 0.29) is 0 Å². The topological polar surface area (TPSA) is 24.5 Å². The highest BCUT2D eigenvalue weighted by Crippen LogP contribution is 2.41. The first kappa shape index (κ1) is 13.8. The molecular weight excluding hydrogens is 236 g/mol. The lowest BCUT2D eigenvalue weighted by atomic mass is 9.86. The Morgan fingerprint density at radius 1 is 1.16 bits per heavy atom. The van der Waals surface area contributed by atoms with Crippen molar-refractivity contribution in [1.29, 1.82) is 0 Å². The molecule has 3 aliphatic rings. The van der Waals surface area contributed by atoms with Gasteiger partial charge in [-0.1, -0.05) is 20.8 Å². The summed E-state index contributed by atoms with van der Waals surface area (Å²) in [5.41, 5.74) is 0.442. The van der Waals surface area contributed by atoms with Gasteiger partial charge in [0, 0.05) is 25.2 Å². The SMILES string of the molecule is CCCNC1C(N2CC3CCC(C2)O3)CCC1(C)C. The van der Waals surface area contributed by atoms with Crippen molar-refractivity contribution in [2.45, 2.75) is 77.2 Å². The van der Waals surface area contributed by atoms with E-state index in [0.29, 0.717) is 23.7 Å². The third-order valence-electron chi connectivity index (χ3n) is 5.47. The van der Waals surface area contributed by atoms with Gasteiger partial charge in [0.1, 0.15) is 0 Å². The number of fused-ring (bicyclic) bond motifs is 2. The first-order valence-corrected chi connectivity index (χ1v) is 8.23. The smallest absolute Gasteiger partial charge is 0.0707 e. The number of rotatable bonds is 4. The van der Waals surface area contributed by atoms with Crippen molar-refractivity contribution in [2.24, 2.45) is 5.41 Å². The maximum atomic E-state index is 5.99. The summed E-state index contributed by atoms with van der Waals surface area (Å²) in [4.78, 5) is 2.74. The largest absolute Gasteiger partial charge is 0.372 e. The van der Waals surface area contributed by atoms with E-state index in [1.807, 2.05) is 0 Å². The lowest BCUT2D eigenvalue weighted by molar-refractivity contribution is -0.0570. The molecule has 4 atom stereocenters. The van der Waals surface area contributed by atoms with Crippen LogP contribution in [0.1, 0.15) is 52.9 Å². The van der Waals surface area contributed by atoms with Crippen LogP contribution in [0.2, 0.25) is 0 Å². The molecule has 0 amide bonds. The van der Waals surface area contributed by atoms with Gasteiger partial charge in [0.05, 0.1) is 12.2 Å². The molecule has 3 fully saturated rings. The Labute approximate surface area is 118 Å². The molecule has 2 saturated heterocycles. The van der Waals surface area contributed by atoms with Crippen LogP contribution in [0.3, 0.4) is 0 Å². The van der Waals surface area contributed by atoms with Gasteiger partial charge in [-0.25, -0.2) is 0 Å². The van der Waals surface area contributed by atoms with Crippen LogP contribution in [0, 0.1) is 5.41 Å². The van der Waals surface area contributed by atoms with Gasteiger partial charge in [-0.3, -0.25) is 4.90 Å². The summed E-state index contributed by atoms with van der Waals surface area (Å²) in [5, 5.41) is 3.84. The fraction of sp³-hybridized carbons (Fsp3) is 1.00. The van der Waals surface area contributed by atoms with Crippen molar-refractivity contribution in [3.05, 3.63) is 0 Å². The maximum absolute atomic E-state index is 5.99. The van der Waals surface area contributed by atoms with Crippen molar-refractivity contribution < 1.29 is 4.74 Å². The van der Waals surface area contributed by atoms with Gasteiger partial charge in [0.2, 0.25) is 0 Å². The quantitative estimate of drug-likeness (QED) is 0.845. The number of ether oxygens (including phenoxy) is 1. The highest BCUT2D eigenvalue weighted by atomic mass is 16.5. The van der Waals surface area contributed by atoms with E-state index in [1.165, 1.54) is 45.2 Å². The number of nitrogens with zero attached hydrogens (tertiary/aromatic N) is 1. The minimum Gasteiger partial charge on any atom is -0.372 e. The summed E-state index contributed by atoms with van der Waals surface area (Å²) in [6.07, 6.45) is 7.55. The van der Waals surface area contributed by atoms with E-state index in [0.717, 1.165) is 12.6 Å². The highest BCUT2D eigenvalue weighted by Gasteiger charge is 2.46. The summed E-state index contributed by atoms with van der Waals surface area (Å²) < 4.78 is 5.99. The number of hydrogen-bond donors (Lipinski definition) is 1. The van der Waals surface area contributed by atoms with Crippen LogP contribution in [0.5, 0.6) is 0 Å². The Morgan fingerprint density at radius 3 is 2.47 bits per heavy atom. The third kappa shape index (κ3) is 2.70. The summed E-state index contributed by atoms with van der Waals surface area (Å²) >= 11 is 0. The van der Waals surface area contributed by atoms with E-state index >= 15 is 0 Å². The van der Waals surface area contributed by atoms with Crippen molar-refractivity contribution in [2.75, 3.05) is 19.6 Å². The van der Waals surface area contributed by atoms with Gasteiger partial charge in [0.25, 0.3) is 0 Å². The molecule has 3 heteroatoms. The molecule has 2 aliphatic heterocycles. The van der Waals surface area contributed by atoms with Crippen molar-refractivity contribution >= 4 is 0 Å². The Morgan fingerprint density at radius 2 is 1.84 bits per heavy atom. The lowest BCUT2D eigenvalue weighted by Gasteiger charge is -2.41. The van der Waals surface area contributed by atoms with Crippen LogP contribution in [0.4, 0.5) is 0 Å². The Kier molecular flexibility index (Phi) is 3.89.